The van der Waals surface area contributed by atoms with Crippen LogP contribution in [-0.4, -0.2) is 11.1 Å². The van der Waals surface area contributed by atoms with Crippen LogP contribution in [0.3, 0.4) is 0 Å². The highest BCUT2D eigenvalue weighted by atomic mass is 127. The Labute approximate surface area is 326 Å². The number of carbonyl (C=O) groups is 1. The van der Waals surface area contributed by atoms with Crippen LogP contribution in [-0.2, 0) is 15.9 Å². The third kappa shape index (κ3) is 21.2. The quantitative estimate of drug-likeness (QED) is 0.0550. The minimum Gasteiger partial charge on any atom is -0.478 e. The van der Waals surface area contributed by atoms with Crippen molar-refractivity contribution in [2.75, 3.05) is 0 Å². The first kappa shape index (κ1) is 45.9. The molecule has 0 aliphatic heterocycles. The SMILES string of the molecule is CCCCCCCCCCCCCCCCCCc1cccc2cc(C(=O)O)c(I=O)c(CCCCCCCCCCCCCCCCCC)c12. The fourth-order valence-corrected chi connectivity index (χ4v) is 9.43. The van der Waals surface area contributed by atoms with Crippen LogP contribution in [0.1, 0.15) is 241 Å². The fraction of sp³-hybridized carbons (Fsp3) is 0.766. The average molecular weight is 819 g/mol. The highest BCUT2D eigenvalue weighted by Crippen LogP contribution is 2.34. The Kier molecular flexibility index (Phi) is 28.9. The molecule has 0 radical (unpaired) electrons. The van der Waals surface area contributed by atoms with Crippen molar-refractivity contribution in [3.8, 4) is 0 Å². The Morgan fingerprint density at radius 2 is 0.863 bits per heavy atom. The van der Waals surface area contributed by atoms with Crippen molar-refractivity contribution in [2.24, 2.45) is 0 Å². The summed E-state index contributed by atoms with van der Waals surface area (Å²) in [4.78, 5) is 12.2. The average Bonchev–Trinajstić information content (AvgIpc) is 3.14. The van der Waals surface area contributed by atoms with Gasteiger partial charge in [-0.05, 0) is 53.6 Å². The van der Waals surface area contributed by atoms with Gasteiger partial charge in [0.25, 0.3) is 0 Å². The third-order valence-corrected chi connectivity index (χ3v) is 12.8. The topological polar surface area (TPSA) is 54.4 Å². The Balaban J connectivity index is 1.70. The zero-order valence-corrected chi connectivity index (χ0v) is 35.7. The molecule has 3 nitrogen and oxygen atoms in total. The van der Waals surface area contributed by atoms with E-state index >= 15 is 0 Å². The Morgan fingerprint density at radius 1 is 0.510 bits per heavy atom. The minimum absolute atomic E-state index is 0.261. The predicted octanol–water partition coefficient (Wildman–Crippen LogP) is 16.6. The normalized spacial score (nSPS) is 11.6. The summed E-state index contributed by atoms with van der Waals surface area (Å²) in [6, 6.07) is 8.17. The number of carboxylic acid groups (broad SMARTS) is 1. The van der Waals surface area contributed by atoms with Gasteiger partial charge < -0.3 is 5.11 Å². The van der Waals surface area contributed by atoms with Gasteiger partial charge in [-0.25, -0.2) is 4.79 Å². The second-order valence-corrected chi connectivity index (χ2v) is 17.2. The maximum Gasteiger partial charge on any atom is 0.336 e. The first-order valence-corrected chi connectivity index (χ1v) is 24.2. The van der Waals surface area contributed by atoms with Crippen molar-refractivity contribution in [1.82, 2.24) is 0 Å². The van der Waals surface area contributed by atoms with Crippen LogP contribution in [0.15, 0.2) is 24.3 Å². The van der Waals surface area contributed by atoms with Crippen LogP contribution in [0.25, 0.3) is 10.8 Å². The van der Waals surface area contributed by atoms with E-state index in [1.807, 2.05) is 0 Å². The summed E-state index contributed by atoms with van der Waals surface area (Å²) in [6.07, 6.45) is 45.2. The molecule has 4 heteroatoms. The van der Waals surface area contributed by atoms with Gasteiger partial charge in [-0.3, -0.25) is 3.07 Å². The lowest BCUT2D eigenvalue weighted by molar-refractivity contribution is 0.0695. The van der Waals surface area contributed by atoms with Crippen LogP contribution in [0, 0.1) is 3.57 Å². The molecule has 292 valence electrons. The fourth-order valence-electron chi connectivity index (χ4n) is 8.00. The molecule has 0 aromatic heterocycles. The molecule has 0 spiro atoms. The molecule has 0 fully saturated rings. The molecule has 0 bridgehead atoms. The number of aromatic carboxylic acids is 1. The Hall–Kier alpha value is -1.30. The number of fused-ring (bicyclic) bond motifs is 1. The molecule has 0 saturated carbocycles. The van der Waals surface area contributed by atoms with E-state index in [0.717, 1.165) is 43.1 Å². The van der Waals surface area contributed by atoms with Crippen molar-refractivity contribution in [3.63, 3.8) is 0 Å². The first-order valence-electron chi connectivity index (χ1n) is 22.2. The minimum atomic E-state index is -1.57. The molecule has 51 heavy (non-hydrogen) atoms. The van der Waals surface area contributed by atoms with Gasteiger partial charge in [0.05, 0.1) is 9.13 Å². The number of benzene rings is 2. The maximum absolute atomic E-state index is 12.6. The van der Waals surface area contributed by atoms with E-state index in [1.54, 1.807) is 6.07 Å². The maximum atomic E-state index is 12.6. The van der Waals surface area contributed by atoms with Crippen molar-refractivity contribution in [3.05, 3.63) is 44.5 Å². The largest absolute Gasteiger partial charge is 0.478 e. The molecule has 2 aromatic carbocycles. The molecule has 0 aliphatic rings. The highest BCUT2D eigenvalue weighted by molar-refractivity contribution is 14.1. The summed E-state index contributed by atoms with van der Waals surface area (Å²) in [5.41, 5.74) is 2.65. The smallest absolute Gasteiger partial charge is 0.336 e. The molecule has 0 atom stereocenters. The zero-order chi connectivity index (χ0) is 36.6. The van der Waals surface area contributed by atoms with E-state index in [2.05, 4.69) is 32.0 Å². The lowest BCUT2D eigenvalue weighted by Crippen LogP contribution is -2.06. The number of hydrogen-bond acceptors (Lipinski definition) is 2. The number of aryl methyl sites for hydroxylation is 2. The second-order valence-electron chi connectivity index (χ2n) is 15.7. The van der Waals surface area contributed by atoms with Gasteiger partial charge in [-0.2, -0.15) is 0 Å². The van der Waals surface area contributed by atoms with E-state index in [1.165, 1.54) is 197 Å². The summed E-state index contributed by atoms with van der Waals surface area (Å²) < 4.78 is 13.2. The molecule has 0 unspecified atom stereocenters. The molecule has 0 saturated heterocycles. The van der Waals surface area contributed by atoms with E-state index in [-0.39, 0.29) is 5.56 Å². The van der Waals surface area contributed by atoms with Crippen molar-refractivity contribution in [2.45, 2.75) is 232 Å². The van der Waals surface area contributed by atoms with Crippen molar-refractivity contribution < 1.29 is 13.0 Å². The molecule has 0 amide bonds. The van der Waals surface area contributed by atoms with E-state index < -0.39 is 27.2 Å². The van der Waals surface area contributed by atoms with Crippen molar-refractivity contribution in [1.29, 1.82) is 0 Å². The van der Waals surface area contributed by atoms with Gasteiger partial charge in [-0.1, -0.05) is 225 Å². The van der Waals surface area contributed by atoms with Crippen LogP contribution in [0.4, 0.5) is 0 Å². The van der Waals surface area contributed by atoms with E-state index in [4.69, 9.17) is 0 Å². The summed E-state index contributed by atoms with van der Waals surface area (Å²) in [6.45, 7) is 4.58. The molecule has 1 N–H and O–H groups in total. The van der Waals surface area contributed by atoms with Gasteiger partial charge in [0, 0.05) is 0 Å². The van der Waals surface area contributed by atoms with E-state index in [9.17, 15) is 13.0 Å². The lowest BCUT2D eigenvalue weighted by atomic mass is 9.91. The van der Waals surface area contributed by atoms with Gasteiger partial charge >= 0.3 is 5.97 Å². The monoisotopic (exact) mass is 819 g/mol. The molecule has 0 heterocycles. The lowest BCUT2D eigenvalue weighted by Gasteiger charge is -2.16. The predicted molar refractivity (Wildman–Crippen MR) is 231 cm³/mol. The molecular formula is C47H79IO3. The van der Waals surface area contributed by atoms with Gasteiger partial charge in [0.2, 0.25) is 0 Å². The number of carboxylic acids is 1. The molecule has 0 aliphatic carbocycles. The van der Waals surface area contributed by atoms with E-state index in [0.29, 0.717) is 3.57 Å². The highest BCUT2D eigenvalue weighted by Gasteiger charge is 2.20. The van der Waals surface area contributed by atoms with Gasteiger partial charge in [0.1, 0.15) is 0 Å². The van der Waals surface area contributed by atoms with Crippen LogP contribution < -0.4 is 0 Å². The standard InChI is InChI=1S/C47H79IO3/c1-3-5-7-9-11-13-15-17-19-21-23-25-27-29-31-33-36-41-37-35-38-42-40-44(47(49)50)46(48-51)43(45(41)42)39-34-32-30-28-26-24-22-20-18-16-14-12-10-8-6-4-2/h35,37-38,40H,3-34,36,39H2,1-2H3,(H,49,50). The summed E-state index contributed by atoms with van der Waals surface area (Å²) in [5, 5.41) is 12.2. The molecular weight excluding hydrogens is 739 g/mol. The Morgan fingerprint density at radius 3 is 1.22 bits per heavy atom. The molecule has 2 rings (SSSR count). The van der Waals surface area contributed by atoms with Crippen LogP contribution >= 0.6 is 21.2 Å². The van der Waals surface area contributed by atoms with Crippen molar-refractivity contribution >= 4 is 37.9 Å². The molecule has 2 aromatic rings. The summed E-state index contributed by atoms with van der Waals surface area (Å²) >= 11 is -1.57. The number of rotatable bonds is 36. The summed E-state index contributed by atoms with van der Waals surface area (Å²) in [7, 11) is 0. The Bertz CT molecular complexity index is 1160. The number of hydrogen-bond donors (Lipinski definition) is 1. The number of unbranched alkanes of at least 4 members (excludes halogenated alkanes) is 30. The van der Waals surface area contributed by atoms with Gasteiger partial charge in [0.15, 0.2) is 21.2 Å². The summed E-state index contributed by atoms with van der Waals surface area (Å²) in [5.74, 6) is -0.945. The van der Waals surface area contributed by atoms with Gasteiger partial charge in [-0.15, -0.1) is 0 Å². The number of halogens is 1. The second kappa shape index (κ2) is 32.2. The van der Waals surface area contributed by atoms with Crippen LogP contribution in [0.2, 0.25) is 0 Å². The first-order chi connectivity index (χ1) is 25.1. The third-order valence-electron chi connectivity index (χ3n) is 11.2. The zero-order valence-electron chi connectivity index (χ0n) is 33.5. The van der Waals surface area contributed by atoms with Crippen LogP contribution in [0.5, 0.6) is 0 Å².